The molecular formula is C20H19N7O6. The van der Waals surface area contributed by atoms with E-state index in [2.05, 4.69) is 15.6 Å². The van der Waals surface area contributed by atoms with Gasteiger partial charge in [-0.25, -0.2) is 9.42 Å². The molecule has 0 unspecified atom stereocenters. The summed E-state index contributed by atoms with van der Waals surface area (Å²) in [6.45, 7) is 4.44. The van der Waals surface area contributed by atoms with Crippen LogP contribution in [0.25, 0.3) is 0 Å². The lowest BCUT2D eigenvalue weighted by atomic mass is 9.81. The van der Waals surface area contributed by atoms with Crippen molar-refractivity contribution in [1.29, 1.82) is 5.26 Å². The number of carbonyl (C=O) groups excluding carboxylic acids is 2. The fourth-order valence-corrected chi connectivity index (χ4v) is 3.52. The van der Waals surface area contributed by atoms with Gasteiger partial charge in [0.15, 0.2) is 0 Å². The van der Waals surface area contributed by atoms with E-state index in [1.165, 1.54) is 36.9 Å². The van der Waals surface area contributed by atoms with Gasteiger partial charge in [-0.2, -0.15) is 5.26 Å². The number of nitro benzene ring substituents is 1. The number of nitrogens with one attached hydrogen (secondary N) is 1. The van der Waals surface area contributed by atoms with Gasteiger partial charge >= 0.3 is 5.97 Å². The topological polar surface area (TPSA) is 191 Å². The summed E-state index contributed by atoms with van der Waals surface area (Å²) >= 11 is 0. The summed E-state index contributed by atoms with van der Waals surface area (Å²) < 4.78 is 9.94. The minimum Gasteiger partial charge on any atom is -0.463 e. The first-order valence-electron chi connectivity index (χ1n) is 9.63. The minimum absolute atomic E-state index is 0.0138. The zero-order valence-electron chi connectivity index (χ0n) is 17.9. The number of non-ortho nitro benzene ring substituents is 1. The Hall–Kier alpha value is -4.73. The van der Waals surface area contributed by atoms with Crippen molar-refractivity contribution in [2.45, 2.75) is 26.7 Å². The van der Waals surface area contributed by atoms with Crippen LogP contribution in [0.3, 0.4) is 0 Å². The maximum atomic E-state index is 13.0. The second-order valence-electron chi connectivity index (χ2n) is 6.87. The second-order valence-corrected chi connectivity index (χ2v) is 6.87. The number of hydrogen-bond acceptors (Lipinski definition) is 11. The van der Waals surface area contributed by atoms with Gasteiger partial charge in [0.2, 0.25) is 17.5 Å². The van der Waals surface area contributed by atoms with Crippen molar-refractivity contribution in [3.63, 3.8) is 0 Å². The molecule has 3 rings (SSSR count). The summed E-state index contributed by atoms with van der Waals surface area (Å²) in [5, 5.41) is 31.1. The van der Waals surface area contributed by atoms with E-state index in [1.807, 2.05) is 6.07 Å². The quantitative estimate of drug-likeness (QED) is 0.370. The molecule has 1 aliphatic heterocycles. The van der Waals surface area contributed by atoms with Crippen molar-refractivity contribution in [2.24, 2.45) is 5.73 Å². The number of ether oxygens (including phenoxy) is 1. The molecular weight excluding hydrogens is 434 g/mol. The predicted octanol–water partition coefficient (Wildman–Crippen LogP) is 2.07. The standard InChI is InChI=1S/C20H19N7O6/c1-4-32-20(29)15-10(2)26(19-18(23-11(3)28)24-33-25-19)17(22)14(9-21)16(15)12-6-5-7-13(8-12)27(30)31/h5-8,16H,4,22H2,1-3H3,(H,23,24,28)/t16-/m0/s1. The average molecular weight is 453 g/mol. The molecule has 1 atom stereocenters. The Labute approximate surface area is 187 Å². The van der Waals surface area contributed by atoms with Gasteiger partial charge in [-0.05, 0) is 29.7 Å². The van der Waals surface area contributed by atoms with Crippen LogP contribution < -0.4 is 16.0 Å². The van der Waals surface area contributed by atoms with Gasteiger partial charge in [-0.15, -0.1) is 0 Å². The molecule has 1 amide bonds. The molecule has 0 radical (unpaired) electrons. The van der Waals surface area contributed by atoms with E-state index in [-0.39, 0.29) is 46.6 Å². The molecule has 1 aliphatic rings. The van der Waals surface area contributed by atoms with Gasteiger partial charge in [0.25, 0.3) is 5.69 Å². The Morgan fingerprint density at radius 1 is 1.42 bits per heavy atom. The molecule has 2 heterocycles. The van der Waals surface area contributed by atoms with Crippen molar-refractivity contribution >= 4 is 29.2 Å². The zero-order chi connectivity index (χ0) is 24.3. The average Bonchev–Trinajstić information content (AvgIpc) is 3.20. The highest BCUT2D eigenvalue weighted by molar-refractivity contribution is 5.96. The molecule has 1 aromatic heterocycles. The molecule has 1 aromatic carbocycles. The van der Waals surface area contributed by atoms with E-state index in [1.54, 1.807) is 13.0 Å². The van der Waals surface area contributed by atoms with Crippen molar-refractivity contribution in [2.75, 3.05) is 16.8 Å². The molecule has 2 aromatic rings. The fourth-order valence-electron chi connectivity index (χ4n) is 3.52. The summed E-state index contributed by atoms with van der Waals surface area (Å²) in [6, 6.07) is 7.53. The molecule has 3 N–H and O–H groups in total. The Morgan fingerprint density at radius 2 is 2.15 bits per heavy atom. The Morgan fingerprint density at radius 3 is 2.76 bits per heavy atom. The Bertz CT molecular complexity index is 1240. The van der Waals surface area contributed by atoms with Crippen molar-refractivity contribution in [3.8, 4) is 6.07 Å². The van der Waals surface area contributed by atoms with Crippen LogP contribution in [0, 0.1) is 21.4 Å². The number of nitrogens with two attached hydrogens (primary N) is 1. The Kier molecular flexibility index (Phi) is 6.38. The highest BCUT2D eigenvalue weighted by Gasteiger charge is 2.40. The maximum absolute atomic E-state index is 13.0. The summed E-state index contributed by atoms with van der Waals surface area (Å²) in [7, 11) is 0. The van der Waals surface area contributed by atoms with E-state index >= 15 is 0 Å². The van der Waals surface area contributed by atoms with Gasteiger partial charge in [-0.3, -0.25) is 19.8 Å². The first-order chi connectivity index (χ1) is 15.7. The number of nitriles is 1. The van der Waals surface area contributed by atoms with E-state index in [0.29, 0.717) is 5.56 Å². The molecule has 170 valence electrons. The van der Waals surface area contributed by atoms with Crippen LogP contribution in [-0.2, 0) is 14.3 Å². The van der Waals surface area contributed by atoms with Gasteiger partial charge in [0.1, 0.15) is 5.82 Å². The molecule has 0 saturated heterocycles. The van der Waals surface area contributed by atoms with Crippen LogP contribution in [0.15, 0.2) is 51.6 Å². The third-order valence-electron chi connectivity index (χ3n) is 4.83. The normalized spacial score (nSPS) is 15.8. The Balaban J connectivity index is 2.28. The monoisotopic (exact) mass is 453 g/mol. The number of nitro groups is 1. The molecule has 0 spiro atoms. The fraction of sp³-hybridized carbons (Fsp3) is 0.250. The molecule has 13 heteroatoms. The number of amides is 1. The van der Waals surface area contributed by atoms with Crippen molar-refractivity contribution in [3.05, 3.63) is 62.6 Å². The summed E-state index contributed by atoms with van der Waals surface area (Å²) in [4.78, 5) is 36.5. The molecule has 0 bridgehead atoms. The molecule has 0 aliphatic carbocycles. The number of esters is 1. The molecule has 0 fully saturated rings. The van der Waals surface area contributed by atoms with Crippen LogP contribution >= 0.6 is 0 Å². The van der Waals surface area contributed by atoms with Gasteiger partial charge in [0.05, 0.1) is 34.7 Å². The highest BCUT2D eigenvalue weighted by atomic mass is 16.6. The van der Waals surface area contributed by atoms with Crippen molar-refractivity contribution in [1.82, 2.24) is 10.3 Å². The zero-order valence-corrected chi connectivity index (χ0v) is 17.9. The summed E-state index contributed by atoms with van der Waals surface area (Å²) in [5.74, 6) is -2.54. The van der Waals surface area contributed by atoms with E-state index < -0.39 is 22.7 Å². The van der Waals surface area contributed by atoms with Gasteiger partial charge < -0.3 is 15.8 Å². The second kappa shape index (κ2) is 9.18. The van der Waals surface area contributed by atoms with Crippen LogP contribution in [0.1, 0.15) is 32.3 Å². The van der Waals surface area contributed by atoms with Gasteiger partial charge in [-0.1, -0.05) is 12.1 Å². The number of benzene rings is 1. The molecule has 13 nitrogen and oxygen atoms in total. The van der Waals surface area contributed by atoms with Crippen molar-refractivity contribution < 1.29 is 23.9 Å². The third kappa shape index (κ3) is 4.22. The minimum atomic E-state index is -1.05. The third-order valence-corrected chi connectivity index (χ3v) is 4.83. The first-order valence-corrected chi connectivity index (χ1v) is 9.63. The molecule has 0 saturated carbocycles. The SMILES string of the molecule is CCOC(=O)C1=C(C)N(c2nonc2NC(C)=O)C(N)=C(C#N)[C@@H]1c1cccc([N+](=O)[O-])c1. The number of rotatable bonds is 6. The van der Waals surface area contributed by atoms with E-state index in [0.717, 1.165) is 0 Å². The smallest absolute Gasteiger partial charge is 0.336 e. The lowest BCUT2D eigenvalue weighted by Gasteiger charge is -2.34. The van der Waals surface area contributed by atoms with Crippen LogP contribution in [-0.4, -0.2) is 33.7 Å². The maximum Gasteiger partial charge on any atom is 0.336 e. The largest absolute Gasteiger partial charge is 0.463 e. The number of hydrogen-bond donors (Lipinski definition) is 2. The van der Waals surface area contributed by atoms with Crippen LogP contribution in [0.4, 0.5) is 17.3 Å². The number of anilines is 2. The summed E-state index contributed by atoms with van der Waals surface area (Å²) in [5.41, 5.74) is 6.54. The van der Waals surface area contributed by atoms with Crippen LogP contribution in [0.5, 0.6) is 0 Å². The first kappa shape index (κ1) is 22.9. The van der Waals surface area contributed by atoms with E-state index in [9.17, 15) is 25.0 Å². The highest BCUT2D eigenvalue weighted by Crippen LogP contribution is 2.43. The molecule has 33 heavy (non-hydrogen) atoms. The lowest BCUT2D eigenvalue weighted by molar-refractivity contribution is -0.384. The predicted molar refractivity (Wildman–Crippen MR) is 113 cm³/mol. The van der Waals surface area contributed by atoms with Crippen LogP contribution in [0.2, 0.25) is 0 Å². The number of nitrogens with zero attached hydrogens (tertiary/aromatic N) is 5. The van der Waals surface area contributed by atoms with Gasteiger partial charge in [0, 0.05) is 24.8 Å². The number of allylic oxidation sites excluding steroid dienone is 2. The van der Waals surface area contributed by atoms with E-state index in [4.69, 9.17) is 15.1 Å². The summed E-state index contributed by atoms with van der Waals surface area (Å²) in [6.07, 6.45) is 0. The number of aromatic nitrogens is 2. The number of carbonyl (C=O) groups is 2. The lowest BCUT2D eigenvalue weighted by Crippen LogP contribution is -2.37.